The molecule has 2 aromatic carbocycles. The van der Waals surface area contributed by atoms with E-state index in [1.54, 1.807) is 52.0 Å². The molecule has 32 heavy (non-hydrogen) atoms. The topological polar surface area (TPSA) is 55.8 Å². The van der Waals surface area contributed by atoms with E-state index in [1.165, 1.54) is 4.90 Å². The lowest BCUT2D eigenvalue weighted by Crippen LogP contribution is -2.46. The molecule has 0 aromatic heterocycles. The molecule has 0 fully saturated rings. The van der Waals surface area contributed by atoms with Crippen molar-refractivity contribution in [1.82, 2.24) is 0 Å². The largest absolute Gasteiger partial charge is 0.464 e. The molecule has 0 unspecified atom stereocenters. The molecule has 0 N–H and O–H groups in total. The number of esters is 2. The normalized spacial score (nSPS) is 10.9. The summed E-state index contributed by atoms with van der Waals surface area (Å²) in [5.41, 5.74) is 2.20. The lowest BCUT2D eigenvalue weighted by molar-refractivity contribution is -0.156. The average Bonchev–Trinajstić information content (AvgIpc) is 2.75. The highest BCUT2D eigenvalue weighted by Crippen LogP contribution is 2.34. The van der Waals surface area contributed by atoms with Crippen LogP contribution in [0, 0.1) is 39.3 Å². The second kappa shape index (κ2) is 11.1. The zero-order valence-corrected chi connectivity index (χ0v) is 19.6. The number of hydrogen-bond donors (Lipinski definition) is 0. The van der Waals surface area contributed by atoms with Crippen molar-refractivity contribution in [3.8, 4) is 0 Å². The van der Waals surface area contributed by atoms with Crippen molar-refractivity contribution in [2.24, 2.45) is 0 Å². The second-order valence-corrected chi connectivity index (χ2v) is 7.89. The van der Waals surface area contributed by atoms with E-state index < -0.39 is 18.0 Å². The van der Waals surface area contributed by atoms with E-state index in [0.717, 1.165) is 0 Å². The van der Waals surface area contributed by atoms with Crippen LogP contribution in [0.4, 0.5) is 20.2 Å². The molecule has 0 saturated heterocycles. The van der Waals surface area contributed by atoms with Crippen molar-refractivity contribution < 1.29 is 27.8 Å². The van der Waals surface area contributed by atoms with E-state index in [1.807, 2.05) is 13.8 Å². The summed E-state index contributed by atoms with van der Waals surface area (Å²) < 4.78 is 39.3. The number of rotatable bonds is 9. The van der Waals surface area contributed by atoms with Crippen LogP contribution < -0.4 is 4.90 Å². The quantitative estimate of drug-likeness (QED) is 0.369. The zero-order valence-electron chi connectivity index (χ0n) is 19.6. The Morgan fingerprint density at radius 3 is 1.34 bits per heavy atom. The summed E-state index contributed by atoms with van der Waals surface area (Å²) in [5.74, 6) is -2.32. The van der Waals surface area contributed by atoms with Gasteiger partial charge in [-0.1, -0.05) is 13.8 Å². The van der Waals surface area contributed by atoms with Gasteiger partial charge in [0.1, 0.15) is 11.6 Å². The minimum Gasteiger partial charge on any atom is -0.464 e. The lowest BCUT2D eigenvalue weighted by atomic mass is 10.0. The highest BCUT2D eigenvalue weighted by atomic mass is 19.1. The first-order valence-corrected chi connectivity index (χ1v) is 10.8. The van der Waals surface area contributed by atoms with Crippen LogP contribution in [0.25, 0.3) is 0 Å². The van der Waals surface area contributed by atoms with E-state index >= 15 is 0 Å². The van der Waals surface area contributed by atoms with Gasteiger partial charge in [0.05, 0.1) is 13.2 Å². The standard InChI is InChI=1S/C25H31F2NO4/c1-7-9-31-24(29)23(25(30)32-10-8-2)28(19-11-15(3)21(26)16(4)12-19)20-13-17(5)22(27)18(6)14-20/h11-14,23H,7-10H2,1-6H3. The number of carbonyl (C=O) groups is 2. The SMILES string of the molecule is CCCOC(=O)C(C(=O)OCCC)N(c1cc(C)c(F)c(C)c1)c1cc(C)c(F)c(C)c1. The summed E-state index contributed by atoms with van der Waals surface area (Å²) in [6.45, 7) is 10.4. The first-order chi connectivity index (χ1) is 15.1. The van der Waals surface area contributed by atoms with Crippen LogP contribution >= 0.6 is 0 Å². The zero-order chi connectivity index (χ0) is 24.0. The molecule has 0 aliphatic heterocycles. The minimum absolute atomic E-state index is 0.132. The first kappa shape index (κ1) is 25.3. The number of nitrogens with zero attached hydrogens (tertiary/aromatic N) is 1. The summed E-state index contributed by atoms with van der Waals surface area (Å²) in [6.07, 6.45) is 1.15. The van der Waals surface area contributed by atoms with Crippen molar-refractivity contribution in [2.45, 2.75) is 60.4 Å². The first-order valence-electron chi connectivity index (χ1n) is 10.8. The number of aryl methyl sites for hydroxylation is 4. The van der Waals surface area contributed by atoms with Gasteiger partial charge in [-0.05, 0) is 87.1 Å². The van der Waals surface area contributed by atoms with Crippen molar-refractivity contribution in [2.75, 3.05) is 18.1 Å². The molecule has 174 valence electrons. The summed E-state index contributed by atoms with van der Waals surface area (Å²) >= 11 is 0. The maximum absolute atomic E-state index is 14.4. The van der Waals surface area contributed by atoms with Crippen molar-refractivity contribution >= 4 is 23.3 Å². The van der Waals surface area contributed by atoms with Crippen LogP contribution in [-0.4, -0.2) is 31.2 Å². The minimum atomic E-state index is -1.47. The molecule has 2 rings (SSSR count). The van der Waals surface area contributed by atoms with Gasteiger partial charge in [0, 0.05) is 11.4 Å². The Morgan fingerprint density at radius 2 is 1.06 bits per heavy atom. The van der Waals surface area contributed by atoms with Gasteiger partial charge in [0.2, 0.25) is 6.04 Å². The maximum Gasteiger partial charge on any atom is 0.340 e. The van der Waals surface area contributed by atoms with Gasteiger partial charge in [-0.2, -0.15) is 0 Å². The molecule has 7 heteroatoms. The summed E-state index contributed by atoms with van der Waals surface area (Å²) in [6, 6.07) is 4.71. The lowest BCUT2D eigenvalue weighted by Gasteiger charge is -2.32. The number of carbonyl (C=O) groups excluding carboxylic acids is 2. The van der Waals surface area contributed by atoms with Crippen LogP contribution in [0.15, 0.2) is 24.3 Å². The fourth-order valence-electron chi connectivity index (χ4n) is 3.44. The van der Waals surface area contributed by atoms with Gasteiger partial charge in [-0.25, -0.2) is 18.4 Å². The van der Waals surface area contributed by atoms with Gasteiger partial charge >= 0.3 is 11.9 Å². The van der Waals surface area contributed by atoms with Crippen molar-refractivity contribution in [3.63, 3.8) is 0 Å². The molecule has 5 nitrogen and oxygen atoms in total. The molecule has 0 aliphatic rings. The summed E-state index contributed by atoms with van der Waals surface area (Å²) in [5, 5.41) is 0. The number of ether oxygens (including phenoxy) is 2. The number of benzene rings is 2. The highest BCUT2D eigenvalue weighted by Gasteiger charge is 2.38. The molecular weight excluding hydrogens is 416 g/mol. The van der Waals surface area contributed by atoms with E-state index in [4.69, 9.17) is 9.47 Å². The highest BCUT2D eigenvalue weighted by molar-refractivity contribution is 6.04. The Bertz CT molecular complexity index is 866. The third-order valence-electron chi connectivity index (χ3n) is 5.00. The maximum atomic E-state index is 14.4. The summed E-state index contributed by atoms with van der Waals surface area (Å²) in [7, 11) is 0. The van der Waals surface area contributed by atoms with Crippen molar-refractivity contribution in [1.29, 1.82) is 0 Å². The van der Waals surface area contributed by atoms with Crippen LogP contribution in [-0.2, 0) is 19.1 Å². The molecule has 0 saturated carbocycles. The molecule has 2 aromatic rings. The van der Waals surface area contributed by atoms with Gasteiger partial charge < -0.3 is 14.4 Å². The monoisotopic (exact) mass is 447 g/mol. The summed E-state index contributed by atoms with van der Waals surface area (Å²) in [4.78, 5) is 27.6. The number of halogens is 2. The van der Waals surface area contributed by atoms with E-state index in [0.29, 0.717) is 46.5 Å². The van der Waals surface area contributed by atoms with Crippen LogP contribution in [0.3, 0.4) is 0 Å². The number of hydrogen-bond acceptors (Lipinski definition) is 5. The van der Waals surface area contributed by atoms with Crippen LogP contribution in [0.5, 0.6) is 0 Å². The van der Waals surface area contributed by atoms with Crippen LogP contribution in [0.2, 0.25) is 0 Å². The molecule has 0 spiro atoms. The number of anilines is 2. The molecule has 0 heterocycles. The predicted octanol–water partition coefficient (Wildman–Crippen LogP) is 5.61. The van der Waals surface area contributed by atoms with Crippen molar-refractivity contribution in [3.05, 3.63) is 58.2 Å². The Labute approximate surface area is 188 Å². The average molecular weight is 448 g/mol. The third kappa shape index (κ3) is 5.64. The molecule has 0 amide bonds. The second-order valence-electron chi connectivity index (χ2n) is 7.89. The smallest absolute Gasteiger partial charge is 0.340 e. The Morgan fingerprint density at radius 1 is 0.750 bits per heavy atom. The molecular formula is C25H31F2NO4. The van der Waals surface area contributed by atoms with Crippen LogP contribution in [0.1, 0.15) is 48.9 Å². The Balaban J connectivity index is 2.75. The Kier molecular flexibility index (Phi) is 8.75. The molecule has 0 aliphatic carbocycles. The fraction of sp³-hybridized carbons (Fsp3) is 0.440. The third-order valence-corrected chi connectivity index (χ3v) is 5.00. The van der Waals surface area contributed by atoms with E-state index in [9.17, 15) is 18.4 Å². The van der Waals surface area contributed by atoms with E-state index in [2.05, 4.69) is 0 Å². The molecule has 0 radical (unpaired) electrons. The van der Waals surface area contributed by atoms with Gasteiger partial charge in [0.25, 0.3) is 0 Å². The predicted molar refractivity (Wildman–Crippen MR) is 120 cm³/mol. The molecule has 0 bridgehead atoms. The van der Waals surface area contributed by atoms with Gasteiger partial charge in [-0.15, -0.1) is 0 Å². The van der Waals surface area contributed by atoms with E-state index in [-0.39, 0.29) is 24.8 Å². The van der Waals surface area contributed by atoms with Gasteiger partial charge in [0.15, 0.2) is 0 Å². The fourth-order valence-corrected chi connectivity index (χ4v) is 3.44. The van der Waals surface area contributed by atoms with Gasteiger partial charge in [-0.3, -0.25) is 0 Å². The Hall–Kier alpha value is -2.96. The molecule has 0 atom stereocenters.